The van der Waals surface area contributed by atoms with Crippen LogP contribution in [0.2, 0.25) is 0 Å². The molecule has 0 aliphatic heterocycles. The van der Waals surface area contributed by atoms with Gasteiger partial charge in [0.05, 0.1) is 5.56 Å². The minimum Gasteiger partial charge on any atom is -0.398 e. The number of hydrogen-bond acceptors (Lipinski definition) is 3. The van der Waals surface area contributed by atoms with Crippen LogP contribution in [0.1, 0.15) is 16.7 Å². The van der Waals surface area contributed by atoms with E-state index in [-0.39, 0.29) is 5.56 Å². The molecular weight excluding hydrogens is 259 g/mol. The molecule has 0 aromatic heterocycles. The van der Waals surface area contributed by atoms with Gasteiger partial charge in [0.15, 0.2) is 0 Å². The molecule has 0 atom stereocenters. The predicted molar refractivity (Wildman–Crippen MR) is 76.3 cm³/mol. The molecular formula is C15H13FN2S. The fraction of sp³-hybridized carbons (Fsp3) is 0.133. The molecule has 0 aliphatic carbocycles. The maximum atomic E-state index is 13.9. The van der Waals surface area contributed by atoms with Gasteiger partial charge in [-0.25, -0.2) is 4.39 Å². The van der Waals surface area contributed by atoms with E-state index < -0.39 is 5.82 Å². The number of benzene rings is 2. The monoisotopic (exact) mass is 272 g/mol. The molecule has 96 valence electrons. The lowest BCUT2D eigenvalue weighted by atomic mass is 10.1. The number of anilines is 1. The van der Waals surface area contributed by atoms with E-state index in [0.717, 1.165) is 10.5 Å². The summed E-state index contributed by atoms with van der Waals surface area (Å²) in [5.74, 6) is 0.0124. The smallest absolute Gasteiger partial charge is 0.144 e. The molecule has 0 saturated heterocycles. The van der Waals surface area contributed by atoms with Gasteiger partial charge in [-0.1, -0.05) is 18.2 Å². The Hall–Kier alpha value is -1.99. The van der Waals surface area contributed by atoms with Crippen molar-refractivity contribution < 1.29 is 4.39 Å². The number of nitriles is 1. The fourth-order valence-corrected chi connectivity index (χ4v) is 2.74. The van der Waals surface area contributed by atoms with Crippen LogP contribution in [0.15, 0.2) is 41.3 Å². The van der Waals surface area contributed by atoms with Crippen molar-refractivity contribution in [2.45, 2.75) is 17.6 Å². The van der Waals surface area contributed by atoms with Gasteiger partial charge in [-0.3, -0.25) is 0 Å². The van der Waals surface area contributed by atoms with Gasteiger partial charge in [0.1, 0.15) is 11.9 Å². The van der Waals surface area contributed by atoms with E-state index in [0.29, 0.717) is 17.0 Å². The number of rotatable bonds is 3. The van der Waals surface area contributed by atoms with Crippen LogP contribution < -0.4 is 5.73 Å². The number of aryl methyl sites for hydroxylation is 1. The summed E-state index contributed by atoms with van der Waals surface area (Å²) in [6.07, 6.45) is 0. The first kappa shape index (κ1) is 13.4. The number of thioether (sulfide) groups is 1. The first-order chi connectivity index (χ1) is 9.11. The predicted octanol–water partition coefficient (Wildman–Crippen LogP) is 3.88. The van der Waals surface area contributed by atoms with Crippen LogP contribution in [0.4, 0.5) is 10.1 Å². The molecule has 2 aromatic carbocycles. The minimum absolute atomic E-state index is 0.0790. The Morgan fingerprint density at radius 3 is 2.84 bits per heavy atom. The van der Waals surface area contributed by atoms with Crippen LogP contribution in [0.3, 0.4) is 0 Å². The fourth-order valence-electron chi connectivity index (χ4n) is 1.70. The zero-order valence-electron chi connectivity index (χ0n) is 10.5. The summed E-state index contributed by atoms with van der Waals surface area (Å²) in [5.41, 5.74) is 8.28. The molecule has 2 aromatic rings. The quantitative estimate of drug-likeness (QED) is 0.681. The Morgan fingerprint density at radius 1 is 1.32 bits per heavy atom. The Kier molecular flexibility index (Phi) is 4.08. The molecule has 0 amide bonds. The Labute approximate surface area is 116 Å². The van der Waals surface area contributed by atoms with Crippen LogP contribution in [0, 0.1) is 24.1 Å². The molecule has 0 spiro atoms. The van der Waals surface area contributed by atoms with Gasteiger partial charge in [-0.05, 0) is 36.2 Å². The standard InChI is InChI=1S/C15H13FN2S/c1-10-5-6-13(18)14(7-10)19-9-12-4-2-3-11(8-17)15(12)16/h2-7H,9,18H2,1H3. The van der Waals surface area contributed by atoms with Crippen LogP contribution >= 0.6 is 11.8 Å². The average Bonchev–Trinajstić information content (AvgIpc) is 2.41. The van der Waals surface area contributed by atoms with Gasteiger partial charge < -0.3 is 5.73 Å². The van der Waals surface area contributed by atoms with Crippen molar-refractivity contribution in [2.75, 3.05) is 5.73 Å². The van der Waals surface area contributed by atoms with E-state index in [1.54, 1.807) is 12.1 Å². The zero-order chi connectivity index (χ0) is 13.8. The zero-order valence-corrected chi connectivity index (χ0v) is 11.3. The van der Waals surface area contributed by atoms with Crippen LogP contribution in [0.5, 0.6) is 0 Å². The molecule has 0 bridgehead atoms. The van der Waals surface area contributed by atoms with Crippen molar-refractivity contribution in [2.24, 2.45) is 0 Å². The van der Waals surface area contributed by atoms with E-state index in [9.17, 15) is 4.39 Å². The van der Waals surface area contributed by atoms with Crippen molar-refractivity contribution in [1.82, 2.24) is 0 Å². The molecule has 0 unspecified atom stereocenters. The van der Waals surface area contributed by atoms with E-state index in [4.69, 9.17) is 11.0 Å². The van der Waals surface area contributed by atoms with Crippen molar-refractivity contribution in [3.63, 3.8) is 0 Å². The minimum atomic E-state index is -0.441. The summed E-state index contributed by atoms with van der Waals surface area (Å²) >= 11 is 1.47. The van der Waals surface area contributed by atoms with Crippen molar-refractivity contribution in [1.29, 1.82) is 5.26 Å². The van der Waals surface area contributed by atoms with E-state index in [1.807, 2.05) is 31.2 Å². The summed E-state index contributed by atoms with van der Waals surface area (Å²) in [5, 5.41) is 8.79. The van der Waals surface area contributed by atoms with Crippen molar-refractivity contribution in [3.05, 3.63) is 58.9 Å². The van der Waals surface area contributed by atoms with Gasteiger partial charge in [-0.2, -0.15) is 5.26 Å². The lowest BCUT2D eigenvalue weighted by Gasteiger charge is -2.07. The highest BCUT2D eigenvalue weighted by molar-refractivity contribution is 7.98. The van der Waals surface area contributed by atoms with Gasteiger partial charge in [0.2, 0.25) is 0 Å². The Morgan fingerprint density at radius 2 is 2.11 bits per heavy atom. The summed E-state index contributed by atoms with van der Waals surface area (Å²) in [4.78, 5) is 0.932. The molecule has 2 N–H and O–H groups in total. The molecule has 0 saturated carbocycles. The molecule has 19 heavy (non-hydrogen) atoms. The first-order valence-electron chi connectivity index (χ1n) is 5.78. The highest BCUT2D eigenvalue weighted by Crippen LogP contribution is 2.30. The topological polar surface area (TPSA) is 49.8 Å². The van der Waals surface area contributed by atoms with Gasteiger partial charge >= 0.3 is 0 Å². The first-order valence-corrected chi connectivity index (χ1v) is 6.77. The highest BCUT2D eigenvalue weighted by Gasteiger charge is 2.09. The summed E-state index contributed by atoms with van der Waals surface area (Å²) in [7, 11) is 0. The second kappa shape index (κ2) is 5.77. The second-order valence-corrected chi connectivity index (χ2v) is 5.24. The Balaban J connectivity index is 2.20. The number of hydrogen-bond donors (Lipinski definition) is 1. The van der Waals surface area contributed by atoms with Crippen LogP contribution in [0.25, 0.3) is 0 Å². The summed E-state index contributed by atoms with van der Waals surface area (Å²) in [6, 6.07) is 12.5. The Bertz CT molecular complexity index is 647. The lowest BCUT2D eigenvalue weighted by molar-refractivity contribution is 0.613. The summed E-state index contributed by atoms with van der Waals surface area (Å²) < 4.78 is 13.9. The lowest BCUT2D eigenvalue weighted by Crippen LogP contribution is -1.93. The highest BCUT2D eigenvalue weighted by atomic mass is 32.2. The van der Waals surface area contributed by atoms with E-state index in [1.165, 1.54) is 17.8 Å². The molecule has 4 heteroatoms. The molecule has 0 aliphatic rings. The number of halogens is 1. The van der Waals surface area contributed by atoms with Gasteiger partial charge in [-0.15, -0.1) is 11.8 Å². The maximum absolute atomic E-state index is 13.9. The maximum Gasteiger partial charge on any atom is 0.144 e. The van der Waals surface area contributed by atoms with Crippen LogP contribution in [-0.2, 0) is 5.75 Å². The number of nitrogens with two attached hydrogens (primary N) is 1. The third kappa shape index (κ3) is 3.07. The molecule has 2 nitrogen and oxygen atoms in total. The number of nitrogen functional groups attached to an aromatic ring is 1. The van der Waals surface area contributed by atoms with Crippen LogP contribution in [-0.4, -0.2) is 0 Å². The molecule has 2 rings (SSSR count). The van der Waals surface area contributed by atoms with Crippen molar-refractivity contribution in [3.8, 4) is 6.07 Å². The third-order valence-corrected chi connectivity index (χ3v) is 3.87. The van der Waals surface area contributed by atoms with E-state index in [2.05, 4.69) is 0 Å². The summed E-state index contributed by atoms with van der Waals surface area (Å²) in [6.45, 7) is 1.99. The average molecular weight is 272 g/mol. The second-order valence-electron chi connectivity index (χ2n) is 4.22. The molecule has 0 radical (unpaired) electrons. The SMILES string of the molecule is Cc1ccc(N)c(SCc2cccc(C#N)c2F)c1. The largest absolute Gasteiger partial charge is 0.398 e. The van der Waals surface area contributed by atoms with Gasteiger partial charge in [0.25, 0.3) is 0 Å². The van der Waals surface area contributed by atoms with Gasteiger partial charge in [0, 0.05) is 16.3 Å². The number of nitrogens with zero attached hydrogens (tertiary/aromatic N) is 1. The van der Waals surface area contributed by atoms with Crippen molar-refractivity contribution >= 4 is 17.4 Å². The third-order valence-electron chi connectivity index (χ3n) is 2.75. The molecule has 0 fully saturated rings. The molecule has 0 heterocycles. The normalized spacial score (nSPS) is 10.2. The van der Waals surface area contributed by atoms with E-state index >= 15 is 0 Å².